The number of amides is 7. The van der Waals surface area contributed by atoms with Crippen LogP contribution in [0.1, 0.15) is 72.6 Å². The molecule has 20 N–H and O–H groups in total. The van der Waals surface area contributed by atoms with Crippen LogP contribution in [0.25, 0.3) is 0 Å². The number of carbonyl (C=O) groups excluding carboxylic acids is 7. The van der Waals surface area contributed by atoms with E-state index in [1.165, 1.54) is 6.92 Å². The lowest BCUT2D eigenvalue weighted by atomic mass is 10.0. The Labute approximate surface area is 334 Å². The average Bonchev–Trinajstić information content (AvgIpc) is 3.10. The number of phosphoric ester groups is 1. The molecule has 0 aromatic carbocycles. The largest absolute Gasteiger partial charge is 0.480 e. The van der Waals surface area contributed by atoms with Gasteiger partial charge in [-0.05, 0) is 72.8 Å². The van der Waals surface area contributed by atoms with Crippen LogP contribution in [0.3, 0.4) is 0 Å². The quantitative estimate of drug-likeness (QED) is 0.0151. The summed E-state index contributed by atoms with van der Waals surface area (Å²) in [6, 6.07) is -10.8. The van der Waals surface area contributed by atoms with Crippen molar-refractivity contribution < 1.29 is 67.4 Å². The van der Waals surface area contributed by atoms with Crippen LogP contribution in [0, 0.1) is 0 Å². The van der Waals surface area contributed by atoms with Crippen molar-refractivity contribution in [2.75, 3.05) is 13.1 Å². The second-order valence-electron chi connectivity index (χ2n) is 13.3. The molecule has 0 aromatic heterocycles. The highest BCUT2D eigenvalue weighted by molar-refractivity contribution is 7.46. The number of hydrogen-bond donors (Lipinski definition) is 15. The van der Waals surface area contributed by atoms with E-state index in [1.54, 1.807) is 0 Å². The first-order chi connectivity index (χ1) is 26.8. The number of carboxylic acid groups (broad SMARTS) is 1. The number of aliphatic hydroxyl groups excluding tert-OH is 1. The third-order valence-electron chi connectivity index (χ3n) is 8.03. The van der Waals surface area contributed by atoms with Crippen molar-refractivity contribution in [3.63, 3.8) is 0 Å². The first-order valence-electron chi connectivity index (χ1n) is 18.1. The van der Waals surface area contributed by atoms with E-state index in [0.29, 0.717) is 6.42 Å². The Kier molecular flexibility index (Phi) is 23.9. The standard InChI is InChI=1S/C31H59N12O14P/c1-14(33)24(46)39-19(9-7-13-37-31(35)36)26(48)43-23(17(4)57-58(54,55)56)29(51)41-18(8-5-6-12-32)25(47)40-20(10-11-21(34)45)27(49)42-22(16(3)44)28(50)38-15(2)30(52)53/h14-20,22-23,44H,5-13,32-33H2,1-4H3,(H2,34,45)(H,38,50)(H,39,46)(H,40,47)(H,41,51)(H,42,49)(H,43,48)(H,52,53)(H4,35,36,37)(H2,54,55,56)/t14-,15-,16+,17+,18-,19-,20-,22-,23-/m0/s1. The summed E-state index contributed by atoms with van der Waals surface area (Å²) < 4.78 is 16.5. The van der Waals surface area contributed by atoms with Gasteiger partial charge in [-0.3, -0.25) is 47.9 Å². The summed E-state index contributed by atoms with van der Waals surface area (Å²) in [6.07, 6.45) is -3.97. The first-order valence-corrected chi connectivity index (χ1v) is 19.6. The Bertz CT molecular complexity index is 1510. The molecule has 332 valence electrons. The summed E-state index contributed by atoms with van der Waals surface area (Å²) in [5, 5.41) is 33.0. The van der Waals surface area contributed by atoms with E-state index < -0.39 is 122 Å². The van der Waals surface area contributed by atoms with Crippen molar-refractivity contribution >= 4 is 61.1 Å². The molecule has 9 atom stereocenters. The van der Waals surface area contributed by atoms with Gasteiger partial charge in [0.1, 0.15) is 36.3 Å². The molecule has 0 bridgehead atoms. The number of phosphoric acid groups is 1. The Morgan fingerprint density at radius 2 is 1.14 bits per heavy atom. The van der Waals surface area contributed by atoms with Gasteiger partial charge in [0.2, 0.25) is 41.4 Å². The van der Waals surface area contributed by atoms with Crippen LogP contribution in [0.4, 0.5) is 0 Å². The molecule has 58 heavy (non-hydrogen) atoms. The normalized spacial score (nSPS) is 15.9. The van der Waals surface area contributed by atoms with Crippen molar-refractivity contribution in [1.29, 1.82) is 0 Å². The predicted octanol–water partition coefficient (Wildman–Crippen LogP) is -6.33. The number of primary amides is 1. The van der Waals surface area contributed by atoms with E-state index in [9.17, 15) is 57.8 Å². The van der Waals surface area contributed by atoms with Crippen molar-refractivity contribution in [1.82, 2.24) is 31.9 Å². The Morgan fingerprint density at radius 1 is 0.672 bits per heavy atom. The average molecular weight is 855 g/mol. The van der Waals surface area contributed by atoms with Gasteiger partial charge in [0.25, 0.3) is 0 Å². The fraction of sp³-hybridized carbons (Fsp3) is 0.710. The lowest BCUT2D eigenvalue weighted by molar-refractivity contribution is -0.142. The maximum atomic E-state index is 13.8. The summed E-state index contributed by atoms with van der Waals surface area (Å²) in [6.45, 7) is 4.77. The van der Waals surface area contributed by atoms with Gasteiger partial charge in [-0.15, -0.1) is 0 Å². The van der Waals surface area contributed by atoms with E-state index >= 15 is 0 Å². The van der Waals surface area contributed by atoms with Crippen LogP contribution >= 0.6 is 7.82 Å². The minimum atomic E-state index is -5.32. The zero-order chi connectivity index (χ0) is 44.9. The van der Waals surface area contributed by atoms with E-state index in [4.69, 9.17) is 33.8 Å². The maximum Gasteiger partial charge on any atom is 0.469 e. The van der Waals surface area contributed by atoms with Crippen LogP contribution in [0.5, 0.6) is 0 Å². The number of aliphatic carboxylic acids is 1. The fourth-order valence-electron chi connectivity index (χ4n) is 4.88. The van der Waals surface area contributed by atoms with Crippen LogP contribution in [0.15, 0.2) is 4.99 Å². The molecule has 0 spiro atoms. The van der Waals surface area contributed by atoms with Crippen LogP contribution < -0.4 is 60.6 Å². The maximum absolute atomic E-state index is 13.8. The highest BCUT2D eigenvalue weighted by Gasteiger charge is 2.37. The molecule has 26 nitrogen and oxygen atoms in total. The minimum Gasteiger partial charge on any atom is -0.480 e. The Balaban J connectivity index is 6.68. The highest BCUT2D eigenvalue weighted by Crippen LogP contribution is 2.38. The van der Waals surface area contributed by atoms with Crippen LogP contribution in [-0.2, 0) is 47.4 Å². The lowest BCUT2D eigenvalue weighted by Crippen LogP contribution is -2.62. The molecular weight excluding hydrogens is 795 g/mol. The van der Waals surface area contributed by atoms with E-state index in [-0.39, 0.29) is 44.7 Å². The second-order valence-corrected chi connectivity index (χ2v) is 14.5. The SMILES string of the molecule is C[C@H](N)C(=O)N[C@@H](CCCN=C(N)N)C(=O)N[C@H](C(=O)N[C@@H](CCCCN)C(=O)N[C@@H](CCC(N)=O)C(=O)N[C@H](C(=O)N[C@@H](C)C(=O)O)[C@@H](C)O)[C@@H](C)OP(=O)(O)O. The van der Waals surface area contributed by atoms with E-state index in [2.05, 4.69) is 41.4 Å². The van der Waals surface area contributed by atoms with Crippen molar-refractivity contribution in [2.45, 2.75) is 127 Å². The first kappa shape index (κ1) is 53.0. The molecule has 0 saturated heterocycles. The number of aliphatic hydroxyl groups is 1. The lowest BCUT2D eigenvalue weighted by Gasteiger charge is -2.30. The van der Waals surface area contributed by atoms with Gasteiger partial charge in [0.05, 0.1) is 18.2 Å². The molecule has 0 aromatic rings. The summed E-state index contributed by atoms with van der Waals surface area (Å²) >= 11 is 0. The van der Waals surface area contributed by atoms with Crippen molar-refractivity contribution in [3.05, 3.63) is 0 Å². The smallest absolute Gasteiger partial charge is 0.469 e. The topological polar surface area (TPSA) is 458 Å². The number of carbonyl (C=O) groups is 8. The van der Waals surface area contributed by atoms with Gasteiger partial charge < -0.3 is 80.6 Å². The summed E-state index contributed by atoms with van der Waals surface area (Å²) in [5.41, 5.74) is 27.1. The zero-order valence-electron chi connectivity index (χ0n) is 32.7. The second kappa shape index (κ2) is 26.1. The number of guanidine groups is 1. The van der Waals surface area contributed by atoms with Gasteiger partial charge in [0.15, 0.2) is 5.96 Å². The molecule has 0 radical (unpaired) electrons. The van der Waals surface area contributed by atoms with Gasteiger partial charge in [-0.1, -0.05) is 0 Å². The summed E-state index contributed by atoms with van der Waals surface area (Å²) in [5.74, 6) is -8.90. The number of aliphatic imine (C=N–C) groups is 1. The number of nitrogens with two attached hydrogens (primary N) is 5. The molecule has 7 amide bonds. The van der Waals surface area contributed by atoms with Gasteiger partial charge in [-0.25, -0.2) is 4.57 Å². The molecule has 0 fully saturated rings. The zero-order valence-corrected chi connectivity index (χ0v) is 33.6. The minimum absolute atomic E-state index is 0.0245. The molecule has 0 unspecified atom stereocenters. The number of carboxylic acids is 1. The number of unbranched alkanes of at least 4 members (excludes halogenated alkanes) is 1. The number of rotatable bonds is 28. The van der Waals surface area contributed by atoms with Crippen molar-refractivity contribution in [3.8, 4) is 0 Å². The monoisotopic (exact) mass is 854 g/mol. The van der Waals surface area contributed by atoms with Crippen molar-refractivity contribution in [2.24, 2.45) is 33.7 Å². The van der Waals surface area contributed by atoms with Crippen LogP contribution in [-0.4, -0.2) is 141 Å². The third-order valence-corrected chi connectivity index (χ3v) is 8.64. The van der Waals surface area contributed by atoms with Gasteiger partial charge >= 0.3 is 13.8 Å². The molecule has 0 rings (SSSR count). The number of nitrogens with zero attached hydrogens (tertiary/aromatic N) is 1. The Morgan fingerprint density at radius 3 is 1.60 bits per heavy atom. The fourth-order valence-corrected chi connectivity index (χ4v) is 5.43. The predicted molar refractivity (Wildman–Crippen MR) is 204 cm³/mol. The van der Waals surface area contributed by atoms with Gasteiger partial charge in [-0.2, -0.15) is 0 Å². The van der Waals surface area contributed by atoms with Crippen LogP contribution in [0.2, 0.25) is 0 Å². The molecule has 0 aliphatic heterocycles. The molecule has 0 heterocycles. The third kappa shape index (κ3) is 21.5. The number of hydrogen-bond acceptors (Lipinski definition) is 14. The summed E-state index contributed by atoms with van der Waals surface area (Å²) in [7, 11) is -5.32. The molecule has 0 saturated carbocycles. The van der Waals surface area contributed by atoms with Gasteiger partial charge in [0, 0.05) is 13.0 Å². The van der Waals surface area contributed by atoms with E-state index in [1.807, 2.05) is 0 Å². The molecule has 0 aliphatic rings. The number of nitrogens with one attached hydrogen (secondary N) is 6. The molecular formula is C31H59N12O14P. The summed E-state index contributed by atoms with van der Waals surface area (Å²) in [4.78, 5) is 125. The molecule has 27 heteroatoms. The van der Waals surface area contributed by atoms with E-state index in [0.717, 1.165) is 20.8 Å². The molecule has 0 aliphatic carbocycles. The Hall–Kier alpha value is -4.98. The highest BCUT2D eigenvalue weighted by atomic mass is 31.2.